The van der Waals surface area contributed by atoms with Crippen LogP contribution in [0.2, 0.25) is 0 Å². The second kappa shape index (κ2) is 24.9. The van der Waals surface area contributed by atoms with E-state index in [4.69, 9.17) is 29.4 Å². The van der Waals surface area contributed by atoms with Crippen LogP contribution in [0.3, 0.4) is 0 Å². The number of nitrogens with one attached hydrogen (secondary N) is 4. The molecule has 2 aromatic carbocycles. The van der Waals surface area contributed by atoms with E-state index in [9.17, 15) is 28.8 Å². The smallest absolute Gasteiger partial charge is 0.410 e. The molecule has 0 radical (unpaired) electrons. The Morgan fingerprint density at radius 3 is 1.74 bits per heavy atom. The summed E-state index contributed by atoms with van der Waals surface area (Å²) in [5.41, 5.74) is 10.3. The van der Waals surface area contributed by atoms with Crippen LogP contribution < -0.4 is 27.1 Å². The van der Waals surface area contributed by atoms with Crippen LogP contribution >= 0.6 is 0 Å². The van der Waals surface area contributed by atoms with Gasteiger partial charge >= 0.3 is 30.2 Å². The summed E-state index contributed by atoms with van der Waals surface area (Å²) < 4.78 is 27.3. The van der Waals surface area contributed by atoms with E-state index in [0.29, 0.717) is 5.56 Å². The topological polar surface area (TPSA) is 239 Å². The summed E-state index contributed by atoms with van der Waals surface area (Å²) in [6.45, 7) is 17.1. The fourth-order valence-electron chi connectivity index (χ4n) is 6.44. The zero-order valence-electron chi connectivity index (χ0n) is 40.2. The van der Waals surface area contributed by atoms with Crippen molar-refractivity contribution in [3.63, 3.8) is 0 Å². The maximum absolute atomic E-state index is 14.5. The summed E-state index contributed by atoms with van der Waals surface area (Å²) in [5, 5.41) is 9.53. The largest absolute Gasteiger partial charge is 0.457 e. The van der Waals surface area contributed by atoms with Gasteiger partial charge in [0.25, 0.3) is 12.2 Å². The van der Waals surface area contributed by atoms with Crippen molar-refractivity contribution in [2.24, 2.45) is 28.4 Å². The van der Waals surface area contributed by atoms with Crippen LogP contribution in [-0.2, 0) is 51.0 Å². The number of alkyl carbamates (subject to hydrolysis) is 3. The standard InChI is InChI=1S/C48H69N7O11/c1-29(2)37(49)41(57)65-43(30(3)4)66-46(61)51-35(26-31-18-14-13-15-19-31)36(64-42(58)39(48(8,9)10)53-45(60)63-12)28-55(54-40(56)38(47(5,6)7)52-44(59)62-11)27-32-21-23-33(24-22-32)34-20-16-17-25-50-34/h13-25,29-30,35-39,43H,26-28,49H2,1-12H3,(H,51,61)(H,52,59)(H,53,60)(H,54,56)/t35-,36-,37+,38+,39+,43?/m0/s1. The molecule has 18 nitrogen and oxygen atoms in total. The maximum Gasteiger partial charge on any atom is 0.410 e. The molecule has 362 valence electrons. The van der Waals surface area contributed by atoms with Gasteiger partial charge in [-0.3, -0.25) is 20.0 Å². The number of aromatic nitrogens is 1. The molecule has 0 aliphatic heterocycles. The number of carbonyl (C=O) groups excluding carboxylic acids is 6. The molecule has 6 atom stereocenters. The van der Waals surface area contributed by atoms with Crippen LogP contribution in [0.1, 0.15) is 80.4 Å². The van der Waals surface area contributed by atoms with Gasteiger partial charge < -0.3 is 45.4 Å². The van der Waals surface area contributed by atoms with E-state index in [1.807, 2.05) is 60.7 Å². The highest BCUT2D eigenvalue weighted by Crippen LogP contribution is 2.25. The Kier molecular flexibility index (Phi) is 20.4. The number of carbonyl (C=O) groups is 6. The van der Waals surface area contributed by atoms with Gasteiger partial charge in [0.05, 0.1) is 32.5 Å². The number of methoxy groups -OCH3 is 2. The van der Waals surface area contributed by atoms with Crippen molar-refractivity contribution in [2.45, 2.75) is 119 Å². The van der Waals surface area contributed by atoms with E-state index in [1.165, 1.54) is 12.1 Å². The Labute approximate surface area is 388 Å². The van der Waals surface area contributed by atoms with E-state index >= 15 is 0 Å². The number of nitrogens with zero attached hydrogens (tertiary/aromatic N) is 2. The molecule has 3 rings (SSSR count). The monoisotopic (exact) mass is 920 g/mol. The van der Waals surface area contributed by atoms with Crippen molar-refractivity contribution in [2.75, 3.05) is 20.8 Å². The van der Waals surface area contributed by atoms with Gasteiger partial charge in [-0.2, -0.15) is 0 Å². The molecular weight excluding hydrogens is 851 g/mol. The van der Waals surface area contributed by atoms with E-state index in [2.05, 4.69) is 26.4 Å². The van der Waals surface area contributed by atoms with Crippen molar-refractivity contribution in [3.05, 3.63) is 90.1 Å². The Hall–Kier alpha value is -6.27. The van der Waals surface area contributed by atoms with E-state index in [1.54, 1.807) is 87.6 Å². The van der Waals surface area contributed by atoms with Crippen LogP contribution in [0.4, 0.5) is 14.4 Å². The van der Waals surface area contributed by atoms with Crippen molar-refractivity contribution in [3.8, 4) is 11.3 Å². The third-order valence-corrected chi connectivity index (χ3v) is 10.4. The number of hydrazine groups is 1. The molecule has 0 fully saturated rings. The highest BCUT2D eigenvalue weighted by Gasteiger charge is 2.40. The Balaban J connectivity index is 2.21. The minimum atomic E-state index is -1.35. The number of esters is 2. The second-order valence-corrected chi connectivity index (χ2v) is 18.8. The first kappa shape index (κ1) is 54.1. The van der Waals surface area contributed by atoms with E-state index in [0.717, 1.165) is 23.9 Å². The fourth-order valence-corrected chi connectivity index (χ4v) is 6.44. The number of hydrogen-bond acceptors (Lipinski definition) is 14. The lowest BCUT2D eigenvalue weighted by molar-refractivity contribution is -0.178. The van der Waals surface area contributed by atoms with Gasteiger partial charge in [-0.05, 0) is 46.4 Å². The van der Waals surface area contributed by atoms with E-state index in [-0.39, 0.29) is 25.4 Å². The fraction of sp³-hybridized carbons (Fsp3) is 0.521. The van der Waals surface area contributed by atoms with Crippen molar-refractivity contribution >= 4 is 36.1 Å². The molecule has 0 spiro atoms. The molecule has 0 saturated carbocycles. The first-order valence-corrected chi connectivity index (χ1v) is 21.9. The third-order valence-electron chi connectivity index (χ3n) is 10.4. The van der Waals surface area contributed by atoms with Gasteiger partial charge in [0.15, 0.2) is 0 Å². The number of hydrogen-bond donors (Lipinski definition) is 5. The molecule has 1 unspecified atom stereocenters. The zero-order valence-corrected chi connectivity index (χ0v) is 40.2. The van der Waals surface area contributed by atoms with Gasteiger partial charge in [0, 0.05) is 24.2 Å². The summed E-state index contributed by atoms with van der Waals surface area (Å²) in [5.74, 6) is -3.02. The number of rotatable bonds is 20. The highest BCUT2D eigenvalue weighted by atomic mass is 16.7. The molecule has 4 amide bonds. The van der Waals surface area contributed by atoms with Gasteiger partial charge in [-0.1, -0.05) is 130 Å². The van der Waals surface area contributed by atoms with Gasteiger partial charge in [-0.15, -0.1) is 0 Å². The summed E-state index contributed by atoms with van der Waals surface area (Å²) in [4.78, 5) is 85.3. The average molecular weight is 920 g/mol. The molecule has 1 heterocycles. The van der Waals surface area contributed by atoms with Crippen LogP contribution in [0, 0.1) is 22.7 Å². The molecule has 0 saturated heterocycles. The minimum Gasteiger partial charge on any atom is -0.457 e. The lowest BCUT2D eigenvalue weighted by Gasteiger charge is -2.37. The SMILES string of the molecule is COC(=O)N[C@H](C(=O)NN(Cc1ccc(-c2ccccn2)cc1)C[C@H](OC(=O)[C@@H](NC(=O)OC)C(C)(C)C)[C@H](Cc1ccccc1)NC(=O)OC(OC(=O)[C@H](N)C(C)C)C(C)C)C(C)(C)C. The molecule has 6 N–H and O–H groups in total. The zero-order chi connectivity index (χ0) is 49.4. The highest BCUT2D eigenvalue weighted by molar-refractivity contribution is 5.86. The first-order chi connectivity index (χ1) is 30.9. The van der Waals surface area contributed by atoms with Gasteiger partial charge in [-0.25, -0.2) is 24.2 Å². The average Bonchev–Trinajstić information content (AvgIpc) is 3.25. The maximum atomic E-state index is 14.5. The molecule has 0 aliphatic carbocycles. The van der Waals surface area contributed by atoms with Crippen molar-refractivity contribution < 1.29 is 52.5 Å². The number of amides is 4. The van der Waals surface area contributed by atoms with Crippen LogP contribution in [-0.4, -0.2) is 103 Å². The number of benzene rings is 2. The number of ether oxygens (including phenoxy) is 5. The normalized spacial score (nSPS) is 14.4. The Bertz CT molecular complexity index is 2040. The summed E-state index contributed by atoms with van der Waals surface area (Å²) in [7, 11) is 2.35. The molecular formula is C48H69N7O11. The van der Waals surface area contributed by atoms with Gasteiger partial charge in [0.2, 0.25) is 0 Å². The predicted molar refractivity (Wildman–Crippen MR) is 247 cm³/mol. The Morgan fingerprint density at radius 2 is 1.23 bits per heavy atom. The lowest BCUT2D eigenvalue weighted by atomic mass is 9.86. The van der Waals surface area contributed by atoms with Crippen molar-refractivity contribution in [1.82, 2.24) is 31.4 Å². The number of nitrogens with two attached hydrogens (primary N) is 1. The quantitative estimate of drug-likeness (QED) is 0.0385. The first-order valence-electron chi connectivity index (χ1n) is 21.9. The lowest BCUT2D eigenvalue weighted by Crippen LogP contribution is -2.60. The molecule has 3 aromatic rings. The molecule has 0 bridgehead atoms. The summed E-state index contributed by atoms with van der Waals surface area (Å²) >= 11 is 0. The second-order valence-electron chi connectivity index (χ2n) is 18.8. The van der Waals surface area contributed by atoms with Crippen LogP contribution in [0.5, 0.6) is 0 Å². The summed E-state index contributed by atoms with van der Waals surface area (Å²) in [6.07, 6.45) is -3.66. The summed E-state index contributed by atoms with van der Waals surface area (Å²) in [6, 6.07) is 17.6. The number of pyridine rings is 1. The van der Waals surface area contributed by atoms with Gasteiger partial charge in [0.1, 0.15) is 24.2 Å². The van der Waals surface area contributed by atoms with Crippen LogP contribution in [0.25, 0.3) is 11.3 Å². The van der Waals surface area contributed by atoms with E-state index < -0.39 is 89.4 Å². The van der Waals surface area contributed by atoms with Crippen LogP contribution in [0.15, 0.2) is 79.0 Å². The molecule has 0 aliphatic rings. The predicted octanol–water partition coefficient (Wildman–Crippen LogP) is 5.88. The molecule has 1 aromatic heterocycles. The molecule has 18 heteroatoms. The minimum absolute atomic E-state index is 0.0183. The third kappa shape index (κ3) is 17.3. The molecule has 66 heavy (non-hydrogen) atoms. The van der Waals surface area contributed by atoms with Crippen molar-refractivity contribution in [1.29, 1.82) is 0 Å². The Morgan fingerprint density at radius 1 is 0.652 bits per heavy atom.